The molecule has 132 valence electrons. The van der Waals surface area contributed by atoms with Crippen LogP contribution in [0, 0.1) is 5.82 Å². The summed E-state index contributed by atoms with van der Waals surface area (Å²) >= 11 is 0. The van der Waals surface area contributed by atoms with E-state index in [9.17, 15) is 17.6 Å². The number of anilines is 1. The number of amides is 1. The fourth-order valence-corrected chi connectivity index (χ4v) is 3.83. The molecule has 0 saturated carbocycles. The molecule has 1 amide bonds. The van der Waals surface area contributed by atoms with Crippen LogP contribution in [0.4, 0.5) is 10.1 Å². The second-order valence-electron chi connectivity index (χ2n) is 5.41. The average Bonchev–Trinajstić information content (AvgIpc) is 2.57. The predicted octanol–water partition coefficient (Wildman–Crippen LogP) is 2.14. The minimum atomic E-state index is -3.97. The summed E-state index contributed by atoms with van der Waals surface area (Å²) in [5.74, 6) is -1.20. The highest BCUT2D eigenvalue weighted by molar-refractivity contribution is 7.89. The van der Waals surface area contributed by atoms with E-state index in [1.807, 2.05) is 6.92 Å². The van der Waals surface area contributed by atoms with Crippen LogP contribution in [0.25, 0.3) is 0 Å². The van der Waals surface area contributed by atoms with Crippen molar-refractivity contribution >= 4 is 21.6 Å². The van der Waals surface area contributed by atoms with Gasteiger partial charge in [-0.25, -0.2) is 12.8 Å². The van der Waals surface area contributed by atoms with E-state index in [1.54, 1.807) is 13.0 Å². The number of carbonyl (C=O) groups is 1. The van der Waals surface area contributed by atoms with E-state index < -0.39 is 20.7 Å². The van der Waals surface area contributed by atoms with Gasteiger partial charge in [-0.1, -0.05) is 13.0 Å². The van der Waals surface area contributed by atoms with Crippen molar-refractivity contribution in [2.24, 2.45) is 0 Å². The van der Waals surface area contributed by atoms with Gasteiger partial charge < -0.3 is 10.1 Å². The van der Waals surface area contributed by atoms with Gasteiger partial charge in [0, 0.05) is 24.4 Å². The lowest BCUT2D eigenvalue weighted by Crippen LogP contribution is -2.40. The molecule has 0 aromatic heterocycles. The number of ether oxygens (including phenoxy) is 1. The number of allylic oxidation sites excluding steroid dienone is 1. The second kappa shape index (κ2) is 7.87. The van der Waals surface area contributed by atoms with Gasteiger partial charge in [-0.3, -0.25) is 4.79 Å². The van der Waals surface area contributed by atoms with E-state index >= 15 is 0 Å². The molecule has 0 bridgehead atoms. The number of benzene rings is 1. The summed E-state index contributed by atoms with van der Waals surface area (Å²) in [6.45, 7) is 4.47. The van der Waals surface area contributed by atoms with Gasteiger partial charge in [-0.15, -0.1) is 0 Å². The van der Waals surface area contributed by atoms with Gasteiger partial charge in [0.1, 0.15) is 10.7 Å². The first-order chi connectivity index (χ1) is 11.4. The highest BCUT2D eigenvalue weighted by Crippen LogP contribution is 2.24. The zero-order chi connectivity index (χ0) is 17.7. The Bertz CT molecular complexity index is 740. The van der Waals surface area contributed by atoms with Crippen LogP contribution >= 0.6 is 0 Å². The summed E-state index contributed by atoms with van der Waals surface area (Å²) in [7, 11) is -3.97. The molecule has 1 saturated heterocycles. The van der Waals surface area contributed by atoms with E-state index in [1.165, 1.54) is 10.4 Å². The van der Waals surface area contributed by atoms with Crippen molar-refractivity contribution in [3.05, 3.63) is 35.7 Å². The highest BCUT2D eigenvalue weighted by Gasteiger charge is 2.29. The number of hydrogen-bond acceptors (Lipinski definition) is 4. The first kappa shape index (κ1) is 18.6. The number of carbonyl (C=O) groups excluding carboxylic acids is 1. The molecule has 0 radical (unpaired) electrons. The zero-order valence-electron chi connectivity index (χ0n) is 13.7. The number of hydrogen-bond donors (Lipinski definition) is 1. The van der Waals surface area contributed by atoms with Crippen molar-refractivity contribution in [1.29, 1.82) is 0 Å². The van der Waals surface area contributed by atoms with Crippen LogP contribution in [0.15, 0.2) is 34.7 Å². The SMILES string of the molecule is CC/C=C(/C)C(=O)Nc1ccc(F)c(S(=O)(=O)N2CCOCC2)c1. The van der Waals surface area contributed by atoms with Crippen molar-refractivity contribution in [1.82, 2.24) is 4.31 Å². The summed E-state index contributed by atoms with van der Waals surface area (Å²) in [5, 5.41) is 2.59. The lowest BCUT2D eigenvalue weighted by atomic mass is 10.2. The molecule has 2 rings (SSSR count). The average molecular weight is 356 g/mol. The molecule has 0 aliphatic carbocycles. The lowest BCUT2D eigenvalue weighted by molar-refractivity contribution is -0.112. The Hall–Kier alpha value is -1.77. The predicted molar refractivity (Wildman–Crippen MR) is 88.7 cm³/mol. The largest absolute Gasteiger partial charge is 0.379 e. The van der Waals surface area contributed by atoms with Gasteiger partial charge in [0.05, 0.1) is 13.2 Å². The normalized spacial score (nSPS) is 16.9. The lowest BCUT2D eigenvalue weighted by Gasteiger charge is -2.26. The summed E-state index contributed by atoms with van der Waals surface area (Å²) in [6, 6.07) is 3.53. The molecule has 0 spiro atoms. The third-order valence-electron chi connectivity index (χ3n) is 3.65. The Labute approximate surface area is 141 Å². The maximum absolute atomic E-state index is 14.1. The number of morpholine rings is 1. The van der Waals surface area contributed by atoms with Gasteiger partial charge in [0.2, 0.25) is 10.0 Å². The molecule has 1 aliphatic heterocycles. The molecule has 0 atom stereocenters. The van der Waals surface area contributed by atoms with Crippen molar-refractivity contribution in [3.8, 4) is 0 Å². The van der Waals surface area contributed by atoms with Crippen molar-refractivity contribution in [2.45, 2.75) is 25.2 Å². The number of halogens is 1. The number of nitrogens with one attached hydrogen (secondary N) is 1. The van der Waals surface area contributed by atoms with Crippen LogP contribution in [0.1, 0.15) is 20.3 Å². The van der Waals surface area contributed by atoms with Crippen LogP contribution in [-0.2, 0) is 19.6 Å². The second-order valence-corrected chi connectivity index (χ2v) is 7.32. The first-order valence-electron chi connectivity index (χ1n) is 7.72. The van der Waals surface area contributed by atoms with Gasteiger partial charge in [-0.2, -0.15) is 4.31 Å². The fraction of sp³-hybridized carbons (Fsp3) is 0.438. The smallest absolute Gasteiger partial charge is 0.250 e. The van der Waals surface area contributed by atoms with Crippen molar-refractivity contribution < 1.29 is 22.3 Å². The molecule has 1 aliphatic rings. The van der Waals surface area contributed by atoms with Crippen molar-refractivity contribution in [3.63, 3.8) is 0 Å². The van der Waals surface area contributed by atoms with E-state index in [4.69, 9.17) is 4.74 Å². The fourth-order valence-electron chi connectivity index (χ4n) is 2.33. The summed E-state index contributed by atoms with van der Waals surface area (Å²) in [6.07, 6.45) is 2.46. The standard InChI is InChI=1S/C16H21FN2O4S/c1-3-4-12(2)16(20)18-13-5-6-14(17)15(11-13)24(21,22)19-7-9-23-10-8-19/h4-6,11H,3,7-10H2,1-2H3,(H,18,20)/b12-4-. The van der Waals surface area contributed by atoms with Crippen LogP contribution in [0.5, 0.6) is 0 Å². The Morgan fingerprint density at radius 2 is 2.04 bits per heavy atom. The maximum atomic E-state index is 14.1. The monoisotopic (exact) mass is 356 g/mol. The molecule has 1 fully saturated rings. The number of nitrogens with zero attached hydrogens (tertiary/aromatic N) is 1. The Morgan fingerprint density at radius 1 is 1.38 bits per heavy atom. The molecular formula is C16H21FN2O4S. The van der Waals surface area contributed by atoms with Crippen molar-refractivity contribution in [2.75, 3.05) is 31.6 Å². The first-order valence-corrected chi connectivity index (χ1v) is 9.16. The van der Waals surface area contributed by atoms with Gasteiger partial charge >= 0.3 is 0 Å². The minimum Gasteiger partial charge on any atom is -0.379 e. The molecule has 1 aromatic carbocycles. The minimum absolute atomic E-state index is 0.177. The van der Waals surface area contributed by atoms with E-state index in [-0.39, 0.29) is 37.9 Å². The van der Waals surface area contributed by atoms with Gasteiger partial charge in [0.15, 0.2) is 0 Å². The summed E-state index contributed by atoms with van der Waals surface area (Å²) in [5.41, 5.74) is 0.747. The van der Waals surface area contributed by atoms with Crippen LogP contribution in [-0.4, -0.2) is 44.9 Å². The van der Waals surface area contributed by atoms with Crippen LogP contribution in [0.2, 0.25) is 0 Å². The number of sulfonamides is 1. The molecule has 8 heteroatoms. The Kier molecular flexibility index (Phi) is 6.09. The van der Waals surface area contributed by atoms with Crippen LogP contribution < -0.4 is 5.32 Å². The molecule has 6 nitrogen and oxygen atoms in total. The molecule has 0 unspecified atom stereocenters. The van der Waals surface area contributed by atoms with Gasteiger partial charge in [0.25, 0.3) is 5.91 Å². The third-order valence-corrected chi connectivity index (χ3v) is 5.56. The van der Waals surface area contributed by atoms with E-state index in [0.717, 1.165) is 12.1 Å². The molecule has 24 heavy (non-hydrogen) atoms. The summed E-state index contributed by atoms with van der Waals surface area (Å²) in [4.78, 5) is 11.6. The molecule has 1 N–H and O–H groups in total. The zero-order valence-corrected chi connectivity index (χ0v) is 14.5. The Balaban J connectivity index is 2.28. The number of rotatable bonds is 5. The topological polar surface area (TPSA) is 75.7 Å². The maximum Gasteiger partial charge on any atom is 0.250 e. The van der Waals surface area contributed by atoms with Gasteiger partial charge in [-0.05, 0) is 31.5 Å². The summed E-state index contributed by atoms with van der Waals surface area (Å²) < 4.78 is 45.6. The highest BCUT2D eigenvalue weighted by atomic mass is 32.2. The molecule has 1 heterocycles. The Morgan fingerprint density at radius 3 is 2.67 bits per heavy atom. The van der Waals surface area contributed by atoms with Crippen LogP contribution in [0.3, 0.4) is 0 Å². The molecular weight excluding hydrogens is 335 g/mol. The van der Waals surface area contributed by atoms with E-state index in [2.05, 4.69) is 5.32 Å². The third kappa shape index (κ3) is 4.19. The van der Waals surface area contributed by atoms with E-state index in [0.29, 0.717) is 12.0 Å². The molecule has 1 aromatic rings. The quantitative estimate of drug-likeness (QED) is 0.820.